The average Bonchev–Trinajstić information content (AvgIpc) is 3.02. The van der Waals surface area contributed by atoms with E-state index in [9.17, 15) is 4.39 Å². The van der Waals surface area contributed by atoms with E-state index in [4.69, 9.17) is 0 Å². The average molecular weight is 248 g/mol. The summed E-state index contributed by atoms with van der Waals surface area (Å²) in [4.78, 5) is 2.57. The molecule has 2 aliphatic heterocycles. The molecule has 2 saturated heterocycles. The minimum atomic E-state index is -0.144. The van der Waals surface area contributed by atoms with Crippen molar-refractivity contribution in [1.29, 1.82) is 0 Å². The zero-order chi connectivity index (χ0) is 12.4. The van der Waals surface area contributed by atoms with Gasteiger partial charge in [0.1, 0.15) is 5.82 Å². The zero-order valence-electron chi connectivity index (χ0n) is 10.7. The fourth-order valence-corrected chi connectivity index (χ4v) is 3.37. The molecule has 3 rings (SSSR count). The first-order valence-electron chi connectivity index (χ1n) is 7.05. The molecule has 0 aliphatic carbocycles. The predicted molar refractivity (Wildman–Crippen MR) is 70.9 cm³/mol. The van der Waals surface area contributed by atoms with E-state index in [2.05, 4.69) is 10.2 Å². The lowest BCUT2D eigenvalue weighted by Gasteiger charge is -2.29. The highest BCUT2D eigenvalue weighted by atomic mass is 19.1. The second-order valence-electron chi connectivity index (χ2n) is 5.51. The Balaban J connectivity index is 1.65. The van der Waals surface area contributed by atoms with Crippen molar-refractivity contribution in [3.8, 4) is 0 Å². The molecule has 0 radical (unpaired) electrons. The maximum Gasteiger partial charge on any atom is 0.123 e. The number of hydrogen-bond donors (Lipinski definition) is 1. The Kier molecular flexibility index (Phi) is 3.62. The highest BCUT2D eigenvalue weighted by Gasteiger charge is 2.32. The smallest absolute Gasteiger partial charge is 0.123 e. The molecule has 1 aromatic rings. The Morgan fingerprint density at radius 1 is 1.17 bits per heavy atom. The first-order valence-corrected chi connectivity index (χ1v) is 7.05. The minimum Gasteiger partial charge on any atom is -0.312 e. The Labute approximate surface area is 108 Å². The van der Waals surface area contributed by atoms with Gasteiger partial charge in [-0.15, -0.1) is 0 Å². The number of nitrogens with zero attached hydrogens (tertiary/aromatic N) is 1. The third-order valence-electron chi connectivity index (χ3n) is 4.28. The van der Waals surface area contributed by atoms with Crippen LogP contribution in [0.5, 0.6) is 0 Å². The van der Waals surface area contributed by atoms with Crippen LogP contribution in [0.2, 0.25) is 0 Å². The summed E-state index contributed by atoms with van der Waals surface area (Å²) in [5, 5.41) is 3.62. The van der Waals surface area contributed by atoms with E-state index in [1.54, 1.807) is 12.1 Å². The molecule has 2 atom stereocenters. The monoisotopic (exact) mass is 248 g/mol. The topological polar surface area (TPSA) is 15.3 Å². The van der Waals surface area contributed by atoms with Gasteiger partial charge < -0.3 is 5.32 Å². The number of halogens is 1. The van der Waals surface area contributed by atoms with E-state index in [1.165, 1.54) is 44.3 Å². The van der Waals surface area contributed by atoms with Crippen molar-refractivity contribution in [2.75, 3.05) is 13.1 Å². The molecule has 98 valence electrons. The van der Waals surface area contributed by atoms with Crippen molar-refractivity contribution in [3.05, 3.63) is 35.6 Å². The van der Waals surface area contributed by atoms with Crippen molar-refractivity contribution < 1.29 is 4.39 Å². The highest BCUT2D eigenvalue weighted by Crippen LogP contribution is 2.26. The van der Waals surface area contributed by atoms with E-state index in [-0.39, 0.29) is 5.82 Å². The van der Waals surface area contributed by atoms with Crippen LogP contribution in [0.4, 0.5) is 4.39 Å². The van der Waals surface area contributed by atoms with Crippen molar-refractivity contribution in [2.45, 2.75) is 44.3 Å². The van der Waals surface area contributed by atoms with E-state index in [0.717, 1.165) is 6.54 Å². The largest absolute Gasteiger partial charge is 0.312 e. The summed E-state index contributed by atoms with van der Waals surface area (Å²) >= 11 is 0. The second kappa shape index (κ2) is 5.37. The number of nitrogens with one attached hydrogen (secondary N) is 1. The molecule has 1 N–H and O–H groups in total. The number of likely N-dealkylation sites (tertiary alicyclic amines) is 1. The highest BCUT2D eigenvalue weighted by molar-refractivity contribution is 5.16. The normalized spacial score (nSPS) is 28.9. The predicted octanol–water partition coefficient (Wildman–Crippen LogP) is 2.54. The summed E-state index contributed by atoms with van der Waals surface area (Å²) < 4.78 is 12.9. The lowest BCUT2D eigenvalue weighted by atomic mass is 10.0. The summed E-state index contributed by atoms with van der Waals surface area (Å²) in [5.74, 6) is -0.144. The summed E-state index contributed by atoms with van der Waals surface area (Å²) in [6.45, 7) is 3.31. The molecule has 0 amide bonds. The molecule has 2 unspecified atom stereocenters. The van der Waals surface area contributed by atoms with Crippen LogP contribution in [0.3, 0.4) is 0 Å². The number of rotatable bonds is 3. The molecule has 3 heteroatoms. The molecule has 18 heavy (non-hydrogen) atoms. The molecule has 2 heterocycles. The van der Waals surface area contributed by atoms with Gasteiger partial charge in [-0.25, -0.2) is 4.39 Å². The lowest BCUT2D eigenvalue weighted by molar-refractivity contribution is 0.206. The SMILES string of the molecule is Fc1ccc(CN2CCCC2C2CCCN2)cc1. The van der Waals surface area contributed by atoms with Crippen LogP contribution in [0, 0.1) is 5.82 Å². The van der Waals surface area contributed by atoms with Gasteiger partial charge in [-0.2, -0.15) is 0 Å². The molecular weight excluding hydrogens is 227 g/mol. The molecule has 2 fully saturated rings. The molecule has 1 aromatic carbocycles. The van der Waals surface area contributed by atoms with Gasteiger partial charge in [0, 0.05) is 18.6 Å². The van der Waals surface area contributed by atoms with Crippen LogP contribution in [0.1, 0.15) is 31.2 Å². The lowest BCUT2D eigenvalue weighted by Crippen LogP contribution is -2.43. The molecule has 0 saturated carbocycles. The fourth-order valence-electron chi connectivity index (χ4n) is 3.37. The van der Waals surface area contributed by atoms with Crippen LogP contribution < -0.4 is 5.32 Å². The van der Waals surface area contributed by atoms with E-state index >= 15 is 0 Å². The third kappa shape index (κ3) is 2.57. The van der Waals surface area contributed by atoms with Crippen molar-refractivity contribution >= 4 is 0 Å². The number of hydrogen-bond acceptors (Lipinski definition) is 2. The molecule has 2 nitrogen and oxygen atoms in total. The van der Waals surface area contributed by atoms with Gasteiger partial charge in [0.25, 0.3) is 0 Å². The van der Waals surface area contributed by atoms with Crippen molar-refractivity contribution in [2.24, 2.45) is 0 Å². The van der Waals surface area contributed by atoms with Gasteiger partial charge >= 0.3 is 0 Å². The van der Waals surface area contributed by atoms with Gasteiger partial charge in [-0.05, 0) is 56.5 Å². The molecule has 2 aliphatic rings. The van der Waals surface area contributed by atoms with Crippen LogP contribution in [0.15, 0.2) is 24.3 Å². The van der Waals surface area contributed by atoms with Gasteiger partial charge in [0.15, 0.2) is 0 Å². The maximum absolute atomic E-state index is 12.9. The fraction of sp³-hybridized carbons (Fsp3) is 0.600. The van der Waals surface area contributed by atoms with Crippen molar-refractivity contribution in [3.63, 3.8) is 0 Å². The Bertz CT molecular complexity index is 384. The second-order valence-corrected chi connectivity index (χ2v) is 5.51. The van der Waals surface area contributed by atoms with Gasteiger partial charge in [0.2, 0.25) is 0 Å². The molecule has 0 spiro atoms. The van der Waals surface area contributed by atoms with E-state index in [1.807, 2.05) is 12.1 Å². The van der Waals surface area contributed by atoms with Crippen LogP contribution in [0.25, 0.3) is 0 Å². The molecular formula is C15H21FN2. The minimum absolute atomic E-state index is 0.144. The standard InChI is InChI=1S/C15H21FN2/c16-13-7-5-12(6-8-13)11-18-10-2-4-15(18)14-3-1-9-17-14/h5-8,14-15,17H,1-4,9-11H2. The summed E-state index contributed by atoms with van der Waals surface area (Å²) in [7, 11) is 0. The Hall–Kier alpha value is -0.930. The zero-order valence-corrected chi connectivity index (χ0v) is 10.7. The van der Waals surface area contributed by atoms with Crippen LogP contribution in [-0.4, -0.2) is 30.1 Å². The van der Waals surface area contributed by atoms with Crippen molar-refractivity contribution in [1.82, 2.24) is 10.2 Å². The third-order valence-corrected chi connectivity index (χ3v) is 4.28. The molecule has 0 aromatic heterocycles. The molecule has 0 bridgehead atoms. The first kappa shape index (κ1) is 12.1. The van der Waals surface area contributed by atoms with Gasteiger partial charge in [0.05, 0.1) is 0 Å². The van der Waals surface area contributed by atoms with Gasteiger partial charge in [-0.3, -0.25) is 4.90 Å². The van der Waals surface area contributed by atoms with Gasteiger partial charge in [-0.1, -0.05) is 12.1 Å². The first-order chi connectivity index (χ1) is 8.83. The van der Waals surface area contributed by atoms with Crippen LogP contribution in [-0.2, 0) is 6.54 Å². The number of benzene rings is 1. The summed E-state index contributed by atoms with van der Waals surface area (Å²) in [6.07, 6.45) is 5.22. The van der Waals surface area contributed by atoms with E-state index in [0.29, 0.717) is 12.1 Å². The quantitative estimate of drug-likeness (QED) is 0.884. The van der Waals surface area contributed by atoms with Crippen LogP contribution >= 0.6 is 0 Å². The van der Waals surface area contributed by atoms with E-state index < -0.39 is 0 Å². The summed E-state index contributed by atoms with van der Waals surface area (Å²) in [6, 6.07) is 8.30. The maximum atomic E-state index is 12.9. The Morgan fingerprint density at radius 2 is 2.00 bits per heavy atom. The Morgan fingerprint density at radius 3 is 2.72 bits per heavy atom. The summed E-state index contributed by atoms with van der Waals surface area (Å²) in [5.41, 5.74) is 1.22.